The maximum atomic E-state index is 11.8. The molecule has 0 bridgehead atoms. The SMILES string of the molecule is CC1CCN(C(=O)OCCN2CCCC2)CC1. The van der Waals surface area contributed by atoms with Gasteiger partial charge in [0.1, 0.15) is 6.61 Å². The molecule has 2 saturated heterocycles. The lowest BCUT2D eigenvalue weighted by Gasteiger charge is -2.29. The maximum absolute atomic E-state index is 11.8. The number of piperidine rings is 1. The van der Waals surface area contributed by atoms with Crippen molar-refractivity contribution in [2.24, 2.45) is 5.92 Å². The number of carbonyl (C=O) groups excluding carboxylic acids is 1. The zero-order valence-corrected chi connectivity index (χ0v) is 10.9. The summed E-state index contributed by atoms with van der Waals surface area (Å²) < 4.78 is 5.32. The molecular weight excluding hydrogens is 216 g/mol. The molecular formula is C13H24N2O2. The summed E-state index contributed by atoms with van der Waals surface area (Å²) in [6.07, 6.45) is 4.69. The van der Waals surface area contributed by atoms with Gasteiger partial charge >= 0.3 is 6.09 Å². The molecule has 2 aliphatic rings. The highest BCUT2D eigenvalue weighted by Crippen LogP contribution is 2.16. The lowest BCUT2D eigenvalue weighted by Crippen LogP contribution is -2.39. The molecule has 0 saturated carbocycles. The number of hydrogen-bond donors (Lipinski definition) is 0. The molecule has 2 aliphatic heterocycles. The van der Waals surface area contributed by atoms with Gasteiger partial charge in [0.25, 0.3) is 0 Å². The fourth-order valence-electron chi connectivity index (χ4n) is 2.55. The van der Waals surface area contributed by atoms with Gasteiger partial charge in [-0.1, -0.05) is 6.92 Å². The van der Waals surface area contributed by atoms with E-state index in [0.29, 0.717) is 6.61 Å². The van der Waals surface area contributed by atoms with Gasteiger partial charge in [0.2, 0.25) is 0 Å². The molecule has 0 radical (unpaired) electrons. The van der Waals surface area contributed by atoms with Crippen molar-refractivity contribution in [2.45, 2.75) is 32.6 Å². The average molecular weight is 240 g/mol. The lowest BCUT2D eigenvalue weighted by molar-refractivity contribution is 0.0818. The van der Waals surface area contributed by atoms with Crippen LogP contribution in [0.1, 0.15) is 32.6 Å². The van der Waals surface area contributed by atoms with Crippen molar-refractivity contribution in [2.75, 3.05) is 39.3 Å². The topological polar surface area (TPSA) is 32.8 Å². The monoisotopic (exact) mass is 240 g/mol. The molecule has 2 fully saturated rings. The number of likely N-dealkylation sites (tertiary alicyclic amines) is 2. The molecule has 0 unspecified atom stereocenters. The smallest absolute Gasteiger partial charge is 0.409 e. The van der Waals surface area contributed by atoms with Crippen LogP contribution < -0.4 is 0 Å². The number of amides is 1. The second kappa shape index (κ2) is 6.24. The summed E-state index contributed by atoms with van der Waals surface area (Å²) in [6, 6.07) is 0. The number of ether oxygens (including phenoxy) is 1. The Labute approximate surface area is 104 Å². The van der Waals surface area contributed by atoms with E-state index in [4.69, 9.17) is 4.74 Å². The van der Waals surface area contributed by atoms with Crippen LogP contribution in [0.4, 0.5) is 4.79 Å². The first kappa shape index (κ1) is 12.7. The first-order valence-corrected chi connectivity index (χ1v) is 6.90. The molecule has 0 aromatic heterocycles. The molecule has 98 valence electrons. The second-order valence-electron chi connectivity index (χ2n) is 5.33. The molecule has 2 rings (SSSR count). The fraction of sp³-hybridized carbons (Fsp3) is 0.923. The maximum Gasteiger partial charge on any atom is 0.409 e. The zero-order valence-electron chi connectivity index (χ0n) is 10.9. The van der Waals surface area contributed by atoms with Crippen molar-refractivity contribution in [1.82, 2.24) is 9.80 Å². The third-order valence-electron chi connectivity index (χ3n) is 3.87. The van der Waals surface area contributed by atoms with Crippen LogP contribution in [0.25, 0.3) is 0 Å². The molecule has 4 heteroatoms. The van der Waals surface area contributed by atoms with Crippen molar-refractivity contribution in [3.8, 4) is 0 Å². The largest absolute Gasteiger partial charge is 0.448 e. The highest BCUT2D eigenvalue weighted by molar-refractivity contribution is 5.67. The molecule has 0 atom stereocenters. The second-order valence-corrected chi connectivity index (χ2v) is 5.33. The van der Waals surface area contributed by atoms with Gasteiger partial charge in [-0.15, -0.1) is 0 Å². The summed E-state index contributed by atoms with van der Waals surface area (Å²) in [5.74, 6) is 0.753. The van der Waals surface area contributed by atoms with Crippen LogP contribution >= 0.6 is 0 Å². The molecule has 0 spiro atoms. The van der Waals surface area contributed by atoms with Crippen LogP contribution in [-0.4, -0.2) is 55.2 Å². The van der Waals surface area contributed by atoms with Gasteiger partial charge in [-0.05, 0) is 44.7 Å². The Bertz CT molecular complexity index is 244. The zero-order chi connectivity index (χ0) is 12.1. The van der Waals surface area contributed by atoms with Crippen LogP contribution in [0.3, 0.4) is 0 Å². The van der Waals surface area contributed by atoms with Crippen molar-refractivity contribution in [3.05, 3.63) is 0 Å². The Hall–Kier alpha value is -0.770. The molecule has 2 heterocycles. The van der Waals surface area contributed by atoms with E-state index in [2.05, 4.69) is 11.8 Å². The summed E-state index contributed by atoms with van der Waals surface area (Å²) in [5.41, 5.74) is 0. The molecule has 0 aromatic carbocycles. The predicted octanol–water partition coefficient (Wildman–Crippen LogP) is 1.95. The number of nitrogens with zero attached hydrogens (tertiary/aromatic N) is 2. The Balaban J connectivity index is 1.60. The van der Waals surface area contributed by atoms with Gasteiger partial charge in [-0.25, -0.2) is 4.79 Å². The van der Waals surface area contributed by atoms with Crippen molar-refractivity contribution < 1.29 is 9.53 Å². The standard InChI is InChI=1S/C13H24N2O2/c1-12-4-8-15(9-5-12)13(16)17-11-10-14-6-2-3-7-14/h12H,2-11H2,1H3. The minimum Gasteiger partial charge on any atom is -0.448 e. The van der Waals surface area contributed by atoms with E-state index in [-0.39, 0.29) is 6.09 Å². The summed E-state index contributed by atoms with van der Waals surface area (Å²) in [5, 5.41) is 0. The average Bonchev–Trinajstić information content (AvgIpc) is 2.83. The van der Waals surface area contributed by atoms with E-state index in [0.717, 1.165) is 38.4 Å². The van der Waals surface area contributed by atoms with E-state index in [1.165, 1.54) is 25.9 Å². The van der Waals surface area contributed by atoms with Gasteiger partial charge in [-0.2, -0.15) is 0 Å². The molecule has 0 aromatic rings. The van der Waals surface area contributed by atoms with Crippen LogP contribution in [0, 0.1) is 5.92 Å². The Morgan fingerprint density at radius 2 is 1.82 bits per heavy atom. The summed E-state index contributed by atoms with van der Waals surface area (Å²) in [7, 11) is 0. The lowest BCUT2D eigenvalue weighted by atomic mass is 10.00. The van der Waals surface area contributed by atoms with Crippen LogP contribution in [0.5, 0.6) is 0 Å². The van der Waals surface area contributed by atoms with Crippen LogP contribution in [0.15, 0.2) is 0 Å². The fourth-order valence-corrected chi connectivity index (χ4v) is 2.55. The molecule has 0 aliphatic carbocycles. The third kappa shape index (κ3) is 3.87. The molecule has 17 heavy (non-hydrogen) atoms. The molecule has 0 N–H and O–H groups in total. The third-order valence-corrected chi connectivity index (χ3v) is 3.87. The highest BCUT2D eigenvalue weighted by Gasteiger charge is 2.21. The van der Waals surface area contributed by atoms with Crippen LogP contribution in [0.2, 0.25) is 0 Å². The first-order valence-electron chi connectivity index (χ1n) is 6.90. The van der Waals surface area contributed by atoms with Gasteiger partial charge in [-0.3, -0.25) is 4.90 Å². The number of hydrogen-bond acceptors (Lipinski definition) is 3. The van der Waals surface area contributed by atoms with E-state index in [9.17, 15) is 4.79 Å². The highest BCUT2D eigenvalue weighted by atomic mass is 16.6. The van der Waals surface area contributed by atoms with Crippen molar-refractivity contribution in [3.63, 3.8) is 0 Å². The normalized spacial score (nSPS) is 23.0. The van der Waals surface area contributed by atoms with Gasteiger partial charge in [0, 0.05) is 19.6 Å². The number of carbonyl (C=O) groups is 1. The Kier molecular flexibility index (Phi) is 4.66. The van der Waals surface area contributed by atoms with Gasteiger partial charge in [0.15, 0.2) is 0 Å². The van der Waals surface area contributed by atoms with Crippen molar-refractivity contribution >= 4 is 6.09 Å². The predicted molar refractivity (Wildman–Crippen MR) is 67.0 cm³/mol. The first-order chi connectivity index (χ1) is 8.25. The number of rotatable bonds is 3. The van der Waals surface area contributed by atoms with Crippen molar-refractivity contribution in [1.29, 1.82) is 0 Å². The summed E-state index contributed by atoms with van der Waals surface area (Å²) in [4.78, 5) is 16.0. The van der Waals surface area contributed by atoms with E-state index in [1.807, 2.05) is 4.90 Å². The summed E-state index contributed by atoms with van der Waals surface area (Å²) >= 11 is 0. The minimum atomic E-state index is -0.115. The Morgan fingerprint density at radius 3 is 2.47 bits per heavy atom. The van der Waals surface area contributed by atoms with E-state index in [1.54, 1.807) is 0 Å². The molecule has 1 amide bonds. The minimum absolute atomic E-state index is 0.115. The van der Waals surface area contributed by atoms with E-state index >= 15 is 0 Å². The van der Waals surface area contributed by atoms with Gasteiger partial charge < -0.3 is 9.64 Å². The quantitative estimate of drug-likeness (QED) is 0.756. The van der Waals surface area contributed by atoms with Crippen LogP contribution in [-0.2, 0) is 4.74 Å². The Morgan fingerprint density at radius 1 is 1.18 bits per heavy atom. The van der Waals surface area contributed by atoms with Gasteiger partial charge in [0.05, 0.1) is 0 Å². The van der Waals surface area contributed by atoms with E-state index < -0.39 is 0 Å². The molecule has 4 nitrogen and oxygen atoms in total. The summed E-state index contributed by atoms with van der Waals surface area (Å²) in [6.45, 7) is 7.75.